The highest BCUT2D eigenvalue weighted by Gasteiger charge is 2.35. The lowest BCUT2D eigenvalue weighted by molar-refractivity contribution is -0.127. The average molecular weight is 537 g/mol. The summed E-state index contributed by atoms with van der Waals surface area (Å²) in [7, 11) is 0. The van der Waals surface area contributed by atoms with E-state index >= 15 is 0 Å². The smallest absolute Gasteiger partial charge is 0.329 e. The molecule has 4 rings (SSSR count). The fourth-order valence-corrected chi connectivity index (χ4v) is 3.72. The summed E-state index contributed by atoms with van der Waals surface area (Å²) in [5.41, 5.74) is 2.03. The first-order valence-corrected chi connectivity index (χ1v) is 11.7. The van der Waals surface area contributed by atoms with Crippen LogP contribution in [0, 0.1) is 12.7 Å². The number of carbonyl (C=O) groups is 4. The van der Waals surface area contributed by atoms with Crippen LogP contribution < -0.4 is 20.7 Å². The Labute approximate surface area is 222 Å². The van der Waals surface area contributed by atoms with Crippen molar-refractivity contribution >= 4 is 52.8 Å². The van der Waals surface area contributed by atoms with Gasteiger partial charge in [0.1, 0.15) is 23.8 Å². The van der Waals surface area contributed by atoms with Crippen molar-refractivity contribution in [1.82, 2.24) is 10.2 Å². The molecule has 3 aromatic rings. The third kappa shape index (κ3) is 6.54. The molecule has 0 radical (unpaired) electrons. The second kappa shape index (κ2) is 11.6. The number of benzene rings is 3. The molecule has 11 heteroatoms. The van der Waals surface area contributed by atoms with Gasteiger partial charge in [-0.15, -0.1) is 0 Å². The second-order valence-corrected chi connectivity index (χ2v) is 8.71. The predicted molar refractivity (Wildman–Crippen MR) is 140 cm³/mol. The van der Waals surface area contributed by atoms with E-state index in [-0.39, 0.29) is 34.7 Å². The van der Waals surface area contributed by atoms with Gasteiger partial charge in [0.15, 0.2) is 6.61 Å². The molecule has 0 bridgehead atoms. The zero-order chi connectivity index (χ0) is 27.2. The molecule has 1 heterocycles. The number of nitrogens with zero attached hydrogens (tertiary/aromatic N) is 1. The number of urea groups is 1. The number of carbonyl (C=O) groups excluding carboxylic acids is 4. The lowest BCUT2D eigenvalue weighted by Gasteiger charge is -2.12. The number of halogens is 2. The Kier molecular flexibility index (Phi) is 8.03. The number of ether oxygens (including phenoxy) is 1. The summed E-state index contributed by atoms with van der Waals surface area (Å²) in [4.78, 5) is 50.1. The molecule has 0 aliphatic carbocycles. The highest BCUT2D eigenvalue weighted by atomic mass is 35.5. The number of hydrogen-bond donors (Lipinski definition) is 3. The summed E-state index contributed by atoms with van der Waals surface area (Å²) in [5, 5.41) is 7.62. The molecule has 1 saturated heterocycles. The molecule has 3 aromatic carbocycles. The van der Waals surface area contributed by atoms with Gasteiger partial charge in [-0.1, -0.05) is 47.5 Å². The molecule has 0 saturated carbocycles. The first-order chi connectivity index (χ1) is 18.2. The van der Waals surface area contributed by atoms with Crippen molar-refractivity contribution in [2.45, 2.75) is 6.92 Å². The van der Waals surface area contributed by atoms with E-state index in [0.29, 0.717) is 16.2 Å². The standard InChI is InChI=1S/C27H22ClFN4O5/c1-16-6-9-18(10-7-16)30-25(35)15-38-23-11-8-17(12-19(23)28)13-22-26(36)33(27(37)32-22)14-24(34)31-21-5-3-2-4-20(21)29/h2-13H,14-15H2,1H3,(H,30,35)(H,31,34)(H,32,37)/b22-13+. The highest BCUT2D eigenvalue weighted by molar-refractivity contribution is 6.32. The van der Waals surface area contributed by atoms with Crippen LogP contribution >= 0.6 is 11.6 Å². The van der Waals surface area contributed by atoms with Gasteiger partial charge in [-0.2, -0.15) is 0 Å². The normalized spacial score (nSPS) is 13.9. The van der Waals surface area contributed by atoms with Gasteiger partial charge in [0.2, 0.25) is 5.91 Å². The molecule has 1 fully saturated rings. The molecule has 0 aromatic heterocycles. The van der Waals surface area contributed by atoms with Crippen LogP contribution in [0.1, 0.15) is 11.1 Å². The summed E-state index contributed by atoms with van der Waals surface area (Å²) >= 11 is 6.28. The minimum Gasteiger partial charge on any atom is -0.482 e. The van der Waals surface area contributed by atoms with E-state index in [4.69, 9.17) is 16.3 Å². The van der Waals surface area contributed by atoms with Crippen LogP contribution in [0.3, 0.4) is 0 Å². The van der Waals surface area contributed by atoms with E-state index in [1.807, 2.05) is 19.1 Å². The van der Waals surface area contributed by atoms with Crippen molar-refractivity contribution in [3.8, 4) is 5.75 Å². The molecule has 0 atom stereocenters. The molecular formula is C27H22ClFN4O5. The van der Waals surface area contributed by atoms with Crippen molar-refractivity contribution < 1.29 is 28.3 Å². The molecule has 194 valence electrons. The van der Waals surface area contributed by atoms with Crippen molar-refractivity contribution in [1.29, 1.82) is 0 Å². The quantitative estimate of drug-likeness (QED) is 0.292. The van der Waals surface area contributed by atoms with E-state index in [2.05, 4.69) is 16.0 Å². The number of rotatable bonds is 8. The van der Waals surface area contributed by atoms with Crippen molar-refractivity contribution in [3.63, 3.8) is 0 Å². The summed E-state index contributed by atoms with van der Waals surface area (Å²) in [6, 6.07) is 16.6. The Hall–Kier alpha value is -4.70. The molecule has 5 amide bonds. The largest absolute Gasteiger partial charge is 0.482 e. The van der Waals surface area contributed by atoms with Gasteiger partial charge >= 0.3 is 6.03 Å². The molecule has 0 unspecified atom stereocenters. The summed E-state index contributed by atoms with van der Waals surface area (Å²) < 4.78 is 19.2. The topological polar surface area (TPSA) is 117 Å². The van der Waals surface area contributed by atoms with Crippen LogP contribution in [0.2, 0.25) is 5.02 Å². The highest BCUT2D eigenvalue weighted by Crippen LogP contribution is 2.27. The molecule has 1 aliphatic heterocycles. The van der Waals surface area contributed by atoms with E-state index in [1.54, 1.807) is 18.2 Å². The average Bonchev–Trinajstić information content (AvgIpc) is 3.13. The third-order valence-corrected chi connectivity index (χ3v) is 5.67. The predicted octanol–water partition coefficient (Wildman–Crippen LogP) is 4.34. The molecular weight excluding hydrogens is 515 g/mol. The third-order valence-electron chi connectivity index (χ3n) is 5.37. The van der Waals surface area contributed by atoms with Gasteiger partial charge in [-0.05, 0) is 55.0 Å². The maximum absolute atomic E-state index is 13.7. The SMILES string of the molecule is Cc1ccc(NC(=O)COc2ccc(/C=C3/NC(=O)N(CC(=O)Nc4ccccc4F)C3=O)cc2Cl)cc1. The summed E-state index contributed by atoms with van der Waals surface area (Å²) in [6.07, 6.45) is 1.38. The Morgan fingerprint density at radius 2 is 1.76 bits per heavy atom. The summed E-state index contributed by atoms with van der Waals surface area (Å²) in [5.74, 6) is -2.23. The number of anilines is 2. The number of amides is 5. The molecule has 9 nitrogen and oxygen atoms in total. The number of nitrogens with one attached hydrogen (secondary N) is 3. The maximum Gasteiger partial charge on any atom is 0.329 e. The van der Waals surface area contributed by atoms with Gasteiger partial charge in [0.05, 0.1) is 10.7 Å². The maximum atomic E-state index is 13.7. The van der Waals surface area contributed by atoms with Gasteiger partial charge in [0, 0.05) is 5.69 Å². The molecule has 0 spiro atoms. The minimum absolute atomic E-state index is 0.0649. The Balaban J connectivity index is 1.35. The summed E-state index contributed by atoms with van der Waals surface area (Å²) in [6.45, 7) is 1.07. The monoisotopic (exact) mass is 536 g/mol. The van der Waals surface area contributed by atoms with Crippen molar-refractivity contribution in [2.24, 2.45) is 0 Å². The van der Waals surface area contributed by atoms with E-state index in [1.165, 1.54) is 42.5 Å². The minimum atomic E-state index is -0.796. The second-order valence-electron chi connectivity index (χ2n) is 8.30. The zero-order valence-corrected chi connectivity index (χ0v) is 20.8. The Bertz CT molecular complexity index is 1440. The molecule has 38 heavy (non-hydrogen) atoms. The number of hydrogen-bond acceptors (Lipinski definition) is 5. The Morgan fingerprint density at radius 3 is 2.47 bits per heavy atom. The van der Waals surface area contributed by atoms with Crippen LogP contribution in [0.15, 0.2) is 72.4 Å². The van der Waals surface area contributed by atoms with Crippen LogP contribution in [0.25, 0.3) is 6.08 Å². The first kappa shape index (κ1) is 26.4. The van der Waals surface area contributed by atoms with Gasteiger partial charge < -0.3 is 20.7 Å². The van der Waals surface area contributed by atoms with Gasteiger partial charge in [-0.25, -0.2) is 14.1 Å². The first-order valence-electron chi connectivity index (χ1n) is 11.4. The van der Waals surface area contributed by atoms with Crippen molar-refractivity contribution in [3.05, 3.63) is 94.4 Å². The van der Waals surface area contributed by atoms with E-state index < -0.39 is 30.2 Å². The fourth-order valence-electron chi connectivity index (χ4n) is 3.48. The van der Waals surface area contributed by atoms with Crippen LogP contribution in [0.5, 0.6) is 5.75 Å². The number of para-hydroxylation sites is 1. The van der Waals surface area contributed by atoms with E-state index in [0.717, 1.165) is 5.56 Å². The van der Waals surface area contributed by atoms with Crippen LogP contribution in [0.4, 0.5) is 20.6 Å². The Morgan fingerprint density at radius 1 is 1.03 bits per heavy atom. The molecule has 3 N–H and O–H groups in total. The van der Waals surface area contributed by atoms with Gasteiger partial charge in [-0.3, -0.25) is 14.4 Å². The van der Waals surface area contributed by atoms with Gasteiger partial charge in [0.25, 0.3) is 11.8 Å². The lowest BCUT2D eigenvalue weighted by atomic mass is 10.2. The van der Waals surface area contributed by atoms with E-state index in [9.17, 15) is 23.6 Å². The fraction of sp³-hybridized carbons (Fsp3) is 0.111. The zero-order valence-electron chi connectivity index (χ0n) is 20.1. The number of imide groups is 1. The van der Waals surface area contributed by atoms with Crippen LogP contribution in [-0.4, -0.2) is 41.8 Å². The molecule has 1 aliphatic rings. The van der Waals surface area contributed by atoms with Crippen LogP contribution in [-0.2, 0) is 14.4 Å². The number of aryl methyl sites for hydroxylation is 1. The lowest BCUT2D eigenvalue weighted by Crippen LogP contribution is -2.38. The van der Waals surface area contributed by atoms with Crippen molar-refractivity contribution in [2.75, 3.05) is 23.8 Å².